The van der Waals surface area contributed by atoms with Crippen LogP contribution in [0.5, 0.6) is 0 Å². The van der Waals surface area contributed by atoms with Gasteiger partial charge in [-0.3, -0.25) is 0 Å². The fourth-order valence-electron chi connectivity index (χ4n) is 8.86. The van der Waals surface area contributed by atoms with Crippen molar-refractivity contribution < 1.29 is 4.74 Å². The molecule has 3 aliphatic rings. The third-order valence-electron chi connectivity index (χ3n) is 11.2. The molecule has 236 valence electrons. The molecule has 1 aliphatic heterocycles. The van der Waals surface area contributed by atoms with Crippen LogP contribution in [-0.2, 0) is 4.74 Å². The van der Waals surface area contributed by atoms with Crippen LogP contribution in [0.15, 0.2) is 175 Å². The van der Waals surface area contributed by atoms with Gasteiger partial charge in [0.2, 0.25) is 0 Å². The van der Waals surface area contributed by atoms with Gasteiger partial charge in [-0.15, -0.1) is 0 Å². The van der Waals surface area contributed by atoms with Crippen molar-refractivity contribution in [2.24, 2.45) is 5.92 Å². The molecule has 0 N–H and O–H groups in total. The highest BCUT2D eigenvalue weighted by Gasteiger charge is 2.35. The molecular weight excluding hydrogens is 607 g/mol. The first-order chi connectivity index (χ1) is 24.8. The van der Waals surface area contributed by atoms with Crippen molar-refractivity contribution >= 4 is 59.7 Å². The Kier molecular flexibility index (Phi) is 5.94. The first-order valence-electron chi connectivity index (χ1n) is 17.7. The predicted molar refractivity (Wildman–Crippen MR) is 210 cm³/mol. The topological polar surface area (TPSA) is 14.2 Å². The Morgan fingerprint density at radius 2 is 1.18 bits per heavy atom. The largest absolute Gasteiger partial charge is 0.485 e. The smallest absolute Gasteiger partial charge is 0.127 e. The van der Waals surface area contributed by atoms with Crippen LogP contribution in [-0.4, -0.2) is 10.7 Å². The van der Waals surface area contributed by atoms with Crippen molar-refractivity contribution in [3.63, 3.8) is 0 Å². The van der Waals surface area contributed by atoms with Crippen molar-refractivity contribution in [3.8, 4) is 16.8 Å². The van der Waals surface area contributed by atoms with Crippen molar-refractivity contribution in [1.82, 2.24) is 4.57 Å². The predicted octanol–water partition coefficient (Wildman–Crippen LogP) is 12.5. The summed E-state index contributed by atoms with van der Waals surface area (Å²) in [6.07, 6.45) is 13.6. The van der Waals surface area contributed by atoms with Crippen LogP contribution in [0.4, 0.5) is 0 Å². The molecule has 2 atom stereocenters. The maximum atomic E-state index is 6.31. The van der Waals surface area contributed by atoms with Gasteiger partial charge in [0.25, 0.3) is 0 Å². The number of allylic oxidation sites excluding steroid dienone is 4. The lowest BCUT2D eigenvalue weighted by Gasteiger charge is -2.21. The van der Waals surface area contributed by atoms with Gasteiger partial charge in [0.1, 0.15) is 11.9 Å². The maximum Gasteiger partial charge on any atom is 0.127 e. The molecule has 0 saturated heterocycles. The molecular formula is C48H33NO. The summed E-state index contributed by atoms with van der Waals surface area (Å²) in [5.74, 6) is 1.39. The monoisotopic (exact) mass is 639 g/mol. The Bertz CT molecular complexity index is 2820. The van der Waals surface area contributed by atoms with Gasteiger partial charge in [0, 0.05) is 22.4 Å². The van der Waals surface area contributed by atoms with Gasteiger partial charge in [0.15, 0.2) is 0 Å². The third kappa shape index (κ3) is 4.09. The Morgan fingerprint density at radius 1 is 0.520 bits per heavy atom. The second-order valence-electron chi connectivity index (χ2n) is 13.9. The zero-order chi connectivity index (χ0) is 32.8. The van der Waals surface area contributed by atoms with E-state index in [0.717, 1.165) is 24.3 Å². The van der Waals surface area contributed by atoms with Crippen LogP contribution in [0.25, 0.3) is 76.5 Å². The molecule has 0 radical (unpaired) electrons. The zero-order valence-corrected chi connectivity index (χ0v) is 27.5. The molecule has 0 spiro atoms. The molecule has 0 saturated carbocycles. The number of hydrogen-bond acceptors (Lipinski definition) is 1. The summed E-state index contributed by atoms with van der Waals surface area (Å²) in [5.41, 5.74) is 9.97. The van der Waals surface area contributed by atoms with Crippen molar-refractivity contribution in [3.05, 3.63) is 181 Å². The number of hydrogen-bond donors (Lipinski definition) is 0. The Balaban J connectivity index is 1.07. The lowest BCUT2D eigenvalue weighted by atomic mass is 9.83. The maximum absolute atomic E-state index is 6.31. The third-order valence-corrected chi connectivity index (χ3v) is 11.2. The number of ether oxygens (including phenoxy) is 1. The summed E-state index contributed by atoms with van der Waals surface area (Å²) < 4.78 is 8.76. The normalized spacial score (nSPS) is 18.3. The minimum atomic E-state index is 0.108. The number of nitrogens with zero attached hydrogens (tertiary/aromatic N) is 1. The van der Waals surface area contributed by atoms with E-state index in [0.29, 0.717) is 5.92 Å². The van der Waals surface area contributed by atoms with Crippen LogP contribution >= 0.6 is 0 Å². The van der Waals surface area contributed by atoms with Crippen LogP contribution in [0.2, 0.25) is 0 Å². The van der Waals surface area contributed by atoms with Gasteiger partial charge in [-0.05, 0) is 115 Å². The molecule has 2 nitrogen and oxygen atoms in total. The van der Waals surface area contributed by atoms with Crippen molar-refractivity contribution in [1.29, 1.82) is 0 Å². The van der Waals surface area contributed by atoms with E-state index in [2.05, 4.69) is 168 Å². The van der Waals surface area contributed by atoms with E-state index in [4.69, 9.17) is 4.74 Å². The first kappa shape index (κ1) is 27.8. The first-order valence-corrected chi connectivity index (χ1v) is 17.7. The molecule has 2 aliphatic carbocycles. The minimum Gasteiger partial charge on any atom is -0.485 e. The molecule has 1 aromatic heterocycles. The van der Waals surface area contributed by atoms with Crippen LogP contribution in [0.3, 0.4) is 0 Å². The molecule has 11 rings (SSSR count). The minimum absolute atomic E-state index is 0.108. The summed E-state index contributed by atoms with van der Waals surface area (Å²) in [6.45, 7) is 0. The lowest BCUT2D eigenvalue weighted by molar-refractivity contribution is 0.174. The Labute approximate surface area is 290 Å². The molecule has 0 bridgehead atoms. The number of aromatic nitrogens is 1. The van der Waals surface area contributed by atoms with Gasteiger partial charge in [-0.2, -0.15) is 0 Å². The molecule has 50 heavy (non-hydrogen) atoms. The molecule has 2 heteroatoms. The number of fused-ring (bicyclic) bond motifs is 11. The number of para-hydroxylation sites is 1. The summed E-state index contributed by atoms with van der Waals surface area (Å²) in [5, 5.41) is 10.3. The second-order valence-corrected chi connectivity index (χ2v) is 13.9. The molecule has 0 fully saturated rings. The van der Waals surface area contributed by atoms with E-state index < -0.39 is 0 Å². The van der Waals surface area contributed by atoms with Crippen molar-refractivity contribution in [2.75, 3.05) is 0 Å². The Morgan fingerprint density at radius 3 is 2.00 bits per heavy atom. The number of rotatable bonds is 3. The number of benzene rings is 7. The molecule has 7 aromatic carbocycles. The van der Waals surface area contributed by atoms with Gasteiger partial charge in [0.05, 0.1) is 11.0 Å². The summed E-state index contributed by atoms with van der Waals surface area (Å²) in [7, 11) is 0. The van der Waals surface area contributed by atoms with E-state index in [1.807, 2.05) is 0 Å². The quantitative estimate of drug-likeness (QED) is 0.175. The molecule has 0 amide bonds. The average molecular weight is 640 g/mol. The van der Waals surface area contributed by atoms with E-state index in [1.54, 1.807) is 0 Å². The highest BCUT2D eigenvalue weighted by Crippen LogP contribution is 2.44. The Hall–Kier alpha value is -6.12. The summed E-state index contributed by atoms with van der Waals surface area (Å²) in [6, 6.07) is 49.4. The zero-order valence-electron chi connectivity index (χ0n) is 27.5. The van der Waals surface area contributed by atoms with Gasteiger partial charge in [-0.1, -0.05) is 121 Å². The van der Waals surface area contributed by atoms with E-state index in [-0.39, 0.29) is 6.10 Å². The lowest BCUT2D eigenvalue weighted by Crippen LogP contribution is -2.17. The van der Waals surface area contributed by atoms with Crippen molar-refractivity contribution in [2.45, 2.75) is 18.9 Å². The van der Waals surface area contributed by atoms with Gasteiger partial charge >= 0.3 is 0 Å². The van der Waals surface area contributed by atoms with E-state index in [1.165, 1.54) is 82.0 Å². The van der Waals surface area contributed by atoms with Crippen LogP contribution < -0.4 is 0 Å². The standard InChI is InChI=1S/C48H33NO/c1-2-14-37-35(12-1)36-13-3-4-15-38(36)43-27-31(20-23-39(37)43)30-10-9-11-34(26-30)49-45-18-7-5-16-40(45)41-24-21-33(29-46(41)49)32-22-25-48-44(28-32)42-17-6-8-19-47(42)50-48/h1-5,7-16,18-29,44,48H,6,17H2. The summed E-state index contributed by atoms with van der Waals surface area (Å²) >= 11 is 0. The SMILES string of the molecule is C1=CC2=C(CC1)C1C=C(c3ccc4c5ccccc5n(-c5cccc(-c6ccc7c8ccccc8c8ccccc8c7c6)c5)c4c3)C=CC1O2. The molecule has 8 aromatic rings. The molecule has 2 heterocycles. The fourth-order valence-corrected chi connectivity index (χ4v) is 8.86. The van der Waals surface area contributed by atoms with E-state index >= 15 is 0 Å². The van der Waals surface area contributed by atoms with E-state index in [9.17, 15) is 0 Å². The molecule has 2 unspecified atom stereocenters. The van der Waals surface area contributed by atoms with Crippen LogP contribution in [0, 0.1) is 5.92 Å². The van der Waals surface area contributed by atoms with Crippen LogP contribution in [0.1, 0.15) is 18.4 Å². The summed E-state index contributed by atoms with van der Waals surface area (Å²) in [4.78, 5) is 0. The van der Waals surface area contributed by atoms with Gasteiger partial charge < -0.3 is 9.30 Å². The highest BCUT2D eigenvalue weighted by molar-refractivity contribution is 6.25. The fraction of sp³-hybridized carbons (Fsp3) is 0.0833. The van der Waals surface area contributed by atoms with Gasteiger partial charge in [-0.25, -0.2) is 0 Å². The second kappa shape index (κ2) is 10.7. The average Bonchev–Trinajstić information content (AvgIpc) is 3.73. The highest BCUT2D eigenvalue weighted by atomic mass is 16.5.